The summed E-state index contributed by atoms with van der Waals surface area (Å²) >= 11 is 2.27. The Kier molecular flexibility index (Phi) is 4.24. The van der Waals surface area contributed by atoms with Crippen molar-refractivity contribution in [2.24, 2.45) is 5.41 Å². The third-order valence-corrected chi connectivity index (χ3v) is 1.94. The first kappa shape index (κ1) is 10.2. The molecule has 1 N–H and O–H groups in total. The van der Waals surface area contributed by atoms with E-state index in [2.05, 4.69) is 22.6 Å². The summed E-state index contributed by atoms with van der Waals surface area (Å²) in [4.78, 5) is 10.3. The molecule has 0 aliphatic heterocycles. The molecule has 0 aromatic rings. The maximum atomic E-state index is 10.3. The number of hydrogen-bond acceptors (Lipinski definition) is 1. The van der Waals surface area contributed by atoms with E-state index in [0.717, 1.165) is 10.8 Å². The largest absolute Gasteiger partial charge is 0.481 e. The van der Waals surface area contributed by atoms with E-state index in [1.165, 1.54) is 0 Å². The van der Waals surface area contributed by atoms with Gasteiger partial charge in [-0.3, -0.25) is 4.79 Å². The quantitative estimate of drug-likeness (QED) is 0.619. The predicted octanol–water partition coefficient (Wildman–Crippen LogP) is 2.31. The topological polar surface area (TPSA) is 37.3 Å². The van der Waals surface area contributed by atoms with Crippen molar-refractivity contribution >= 4 is 28.6 Å². The lowest BCUT2D eigenvalue weighted by molar-refractivity contribution is -0.139. The molecule has 0 rings (SSSR count). The molecule has 0 aromatic heterocycles. The van der Waals surface area contributed by atoms with Gasteiger partial charge >= 0.3 is 5.97 Å². The highest BCUT2D eigenvalue weighted by molar-refractivity contribution is 14.1. The van der Waals surface area contributed by atoms with Crippen molar-refractivity contribution in [2.45, 2.75) is 26.7 Å². The van der Waals surface area contributed by atoms with Gasteiger partial charge in [-0.2, -0.15) is 0 Å². The zero-order chi connectivity index (χ0) is 8.20. The summed E-state index contributed by atoms with van der Waals surface area (Å²) in [7, 11) is 0. The van der Waals surface area contributed by atoms with Gasteiger partial charge in [0.05, 0.1) is 6.42 Å². The van der Waals surface area contributed by atoms with Crippen LogP contribution in [-0.4, -0.2) is 15.5 Å². The summed E-state index contributed by atoms with van der Waals surface area (Å²) in [5.41, 5.74) is -0.0347. The molecule has 0 saturated carbocycles. The van der Waals surface area contributed by atoms with Gasteiger partial charge < -0.3 is 5.11 Å². The molecule has 0 heterocycles. The Morgan fingerprint density at radius 2 is 2.10 bits per heavy atom. The Balaban J connectivity index is 3.74. The van der Waals surface area contributed by atoms with E-state index in [9.17, 15) is 4.79 Å². The van der Waals surface area contributed by atoms with Crippen molar-refractivity contribution < 1.29 is 9.90 Å². The number of carboxylic acid groups (broad SMARTS) is 1. The SMILES string of the molecule is CC(C)(CCI)CC(=O)O. The van der Waals surface area contributed by atoms with Crippen LogP contribution in [0.5, 0.6) is 0 Å². The molecule has 0 unspecified atom stereocenters. The van der Waals surface area contributed by atoms with Crippen LogP contribution in [0.1, 0.15) is 26.7 Å². The van der Waals surface area contributed by atoms with Gasteiger partial charge in [0.1, 0.15) is 0 Å². The van der Waals surface area contributed by atoms with Gasteiger partial charge in [0.25, 0.3) is 0 Å². The van der Waals surface area contributed by atoms with Crippen molar-refractivity contribution in [1.82, 2.24) is 0 Å². The zero-order valence-corrected chi connectivity index (χ0v) is 8.51. The van der Waals surface area contributed by atoms with Crippen molar-refractivity contribution in [1.29, 1.82) is 0 Å². The molecule has 0 saturated heterocycles. The first-order chi connectivity index (χ1) is 4.48. The molecule has 0 bridgehead atoms. The maximum absolute atomic E-state index is 10.3. The van der Waals surface area contributed by atoms with Crippen LogP contribution in [0.3, 0.4) is 0 Å². The summed E-state index contributed by atoms with van der Waals surface area (Å²) in [6.45, 7) is 3.97. The molecule has 0 aromatic carbocycles. The fraction of sp³-hybridized carbons (Fsp3) is 0.857. The zero-order valence-electron chi connectivity index (χ0n) is 6.35. The van der Waals surface area contributed by atoms with Gasteiger partial charge in [-0.25, -0.2) is 0 Å². The molecular weight excluding hydrogens is 243 g/mol. The third-order valence-electron chi connectivity index (χ3n) is 1.40. The Morgan fingerprint density at radius 1 is 1.60 bits per heavy atom. The molecular formula is C7H13IO2. The molecule has 0 aliphatic rings. The minimum absolute atomic E-state index is 0.0347. The lowest BCUT2D eigenvalue weighted by atomic mass is 9.87. The molecule has 10 heavy (non-hydrogen) atoms. The minimum Gasteiger partial charge on any atom is -0.481 e. The monoisotopic (exact) mass is 256 g/mol. The first-order valence-corrected chi connectivity index (χ1v) is 4.78. The van der Waals surface area contributed by atoms with Crippen LogP contribution >= 0.6 is 22.6 Å². The van der Waals surface area contributed by atoms with Gasteiger partial charge in [0, 0.05) is 4.43 Å². The number of carbonyl (C=O) groups is 1. The average molecular weight is 256 g/mol. The van der Waals surface area contributed by atoms with Crippen LogP contribution in [0.2, 0.25) is 0 Å². The highest BCUT2D eigenvalue weighted by Crippen LogP contribution is 2.25. The molecule has 60 valence electrons. The highest BCUT2D eigenvalue weighted by Gasteiger charge is 2.20. The molecule has 0 radical (unpaired) electrons. The predicted molar refractivity (Wildman–Crippen MR) is 49.5 cm³/mol. The van der Waals surface area contributed by atoms with Crippen molar-refractivity contribution in [3.8, 4) is 0 Å². The second-order valence-electron chi connectivity index (χ2n) is 3.17. The van der Waals surface area contributed by atoms with Gasteiger partial charge in [-0.1, -0.05) is 36.4 Å². The fourth-order valence-corrected chi connectivity index (χ4v) is 2.21. The van der Waals surface area contributed by atoms with Crippen LogP contribution in [0, 0.1) is 5.41 Å². The highest BCUT2D eigenvalue weighted by atomic mass is 127. The maximum Gasteiger partial charge on any atom is 0.303 e. The Labute approximate surface area is 75.1 Å². The molecule has 2 nitrogen and oxygen atoms in total. The van der Waals surface area contributed by atoms with E-state index in [-0.39, 0.29) is 11.8 Å². The van der Waals surface area contributed by atoms with Gasteiger partial charge in [-0.15, -0.1) is 0 Å². The number of aliphatic carboxylic acids is 1. The van der Waals surface area contributed by atoms with Crippen LogP contribution in [0.4, 0.5) is 0 Å². The number of halogens is 1. The number of rotatable bonds is 4. The van der Waals surface area contributed by atoms with Gasteiger partial charge in [0.15, 0.2) is 0 Å². The summed E-state index contributed by atoms with van der Waals surface area (Å²) in [5.74, 6) is -0.699. The van der Waals surface area contributed by atoms with Crippen LogP contribution in [0.25, 0.3) is 0 Å². The van der Waals surface area contributed by atoms with E-state index in [4.69, 9.17) is 5.11 Å². The molecule has 0 amide bonds. The Bertz CT molecular complexity index is 121. The first-order valence-electron chi connectivity index (χ1n) is 3.26. The summed E-state index contributed by atoms with van der Waals surface area (Å²) in [6, 6.07) is 0. The van der Waals surface area contributed by atoms with Crippen LogP contribution < -0.4 is 0 Å². The van der Waals surface area contributed by atoms with E-state index in [1.807, 2.05) is 13.8 Å². The molecule has 0 atom stereocenters. The normalized spacial score (nSPS) is 11.5. The Hall–Kier alpha value is 0.200. The summed E-state index contributed by atoms with van der Waals surface area (Å²) in [5, 5.41) is 8.47. The van der Waals surface area contributed by atoms with E-state index in [0.29, 0.717) is 0 Å². The lowest BCUT2D eigenvalue weighted by Gasteiger charge is -2.20. The fourth-order valence-electron chi connectivity index (χ4n) is 0.754. The van der Waals surface area contributed by atoms with E-state index < -0.39 is 5.97 Å². The second-order valence-corrected chi connectivity index (χ2v) is 4.25. The molecule has 0 aliphatic carbocycles. The van der Waals surface area contributed by atoms with Crippen molar-refractivity contribution in [3.05, 3.63) is 0 Å². The smallest absolute Gasteiger partial charge is 0.303 e. The lowest BCUT2D eigenvalue weighted by Crippen LogP contribution is -2.16. The number of alkyl halides is 1. The van der Waals surface area contributed by atoms with Gasteiger partial charge in [-0.05, 0) is 11.8 Å². The van der Waals surface area contributed by atoms with Crippen molar-refractivity contribution in [3.63, 3.8) is 0 Å². The minimum atomic E-state index is -0.699. The molecule has 0 spiro atoms. The van der Waals surface area contributed by atoms with E-state index in [1.54, 1.807) is 0 Å². The van der Waals surface area contributed by atoms with Crippen LogP contribution in [-0.2, 0) is 4.79 Å². The Morgan fingerprint density at radius 3 is 2.40 bits per heavy atom. The standard InChI is InChI=1S/C7H13IO2/c1-7(2,3-4-8)5-6(9)10/h3-5H2,1-2H3,(H,9,10). The molecule has 3 heteroatoms. The molecule has 0 fully saturated rings. The number of carboxylic acids is 1. The van der Waals surface area contributed by atoms with Gasteiger partial charge in [0.2, 0.25) is 0 Å². The van der Waals surface area contributed by atoms with Crippen molar-refractivity contribution in [2.75, 3.05) is 4.43 Å². The third kappa shape index (κ3) is 5.02. The second kappa shape index (κ2) is 4.16. The van der Waals surface area contributed by atoms with E-state index >= 15 is 0 Å². The number of hydrogen-bond donors (Lipinski definition) is 1. The average Bonchev–Trinajstić information content (AvgIpc) is 1.59. The summed E-state index contributed by atoms with van der Waals surface area (Å²) in [6.07, 6.45) is 1.25. The van der Waals surface area contributed by atoms with Crippen LogP contribution in [0.15, 0.2) is 0 Å². The summed E-state index contributed by atoms with van der Waals surface area (Å²) < 4.78 is 1.03.